The van der Waals surface area contributed by atoms with Crippen LogP contribution in [0.4, 0.5) is 0 Å². The van der Waals surface area contributed by atoms with Crippen LogP contribution < -0.4 is 9.47 Å². The Morgan fingerprint density at radius 2 is 1.84 bits per heavy atom. The molecule has 0 heterocycles. The van der Waals surface area contributed by atoms with Gasteiger partial charge in [0.25, 0.3) is 0 Å². The summed E-state index contributed by atoms with van der Waals surface area (Å²) in [6.45, 7) is 2.69. The van der Waals surface area contributed by atoms with Crippen LogP contribution in [0.25, 0.3) is 0 Å². The van der Waals surface area contributed by atoms with Crippen LogP contribution in [0.5, 0.6) is 11.5 Å². The lowest BCUT2D eigenvalue weighted by atomic mass is 9.55. The van der Waals surface area contributed by atoms with Crippen molar-refractivity contribution in [1.82, 2.24) is 0 Å². The van der Waals surface area contributed by atoms with Crippen molar-refractivity contribution in [2.45, 2.75) is 51.6 Å². The second-order valence-electron chi connectivity index (χ2n) is 9.62. The number of Topliss-reactive ketones (excluding diaryl/α,β-unsaturated/α-hetero) is 1. The maximum atomic E-state index is 13.0. The molecule has 0 N–H and O–H groups in total. The Hall–Kier alpha value is -2.82. The molecule has 0 spiro atoms. The maximum absolute atomic E-state index is 13.0. The first-order chi connectivity index (χ1) is 15.5. The van der Waals surface area contributed by atoms with Gasteiger partial charge in [-0.05, 0) is 84.4 Å². The van der Waals surface area contributed by atoms with Gasteiger partial charge in [0.2, 0.25) is 0 Å². The summed E-state index contributed by atoms with van der Waals surface area (Å²) in [5, 5.41) is 4.07. The van der Waals surface area contributed by atoms with E-state index < -0.39 is 0 Å². The average molecular weight is 434 g/mol. The molecule has 4 atom stereocenters. The molecule has 5 heteroatoms. The monoisotopic (exact) mass is 433 g/mol. The van der Waals surface area contributed by atoms with Crippen molar-refractivity contribution in [3.05, 3.63) is 59.2 Å². The van der Waals surface area contributed by atoms with Gasteiger partial charge in [-0.15, -0.1) is 0 Å². The number of benzene rings is 2. The van der Waals surface area contributed by atoms with Crippen molar-refractivity contribution >= 4 is 11.5 Å². The van der Waals surface area contributed by atoms with E-state index in [0.717, 1.165) is 49.2 Å². The lowest BCUT2D eigenvalue weighted by molar-refractivity contribution is -0.125. The van der Waals surface area contributed by atoms with Crippen LogP contribution in [0, 0.1) is 17.3 Å². The van der Waals surface area contributed by atoms with Gasteiger partial charge < -0.3 is 14.3 Å². The second-order valence-corrected chi connectivity index (χ2v) is 9.62. The van der Waals surface area contributed by atoms with Crippen LogP contribution in [0.15, 0.2) is 47.6 Å². The quantitative estimate of drug-likeness (QED) is 0.600. The minimum Gasteiger partial charge on any atom is -0.497 e. The molecule has 2 aromatic rings. The minimum atomic E-state index is -0.280. The molecule has 2 aromatic carbocycles. The topological polar surface area (TPSA) is 57.1 Å². The molecule has 5 rings (SSSR count). The molecule has 168 valence electrons. The molecule has 32 heavy (non-hydrogen) atoms. The van der Waals surface area contributed by atoms with Crippen molar-refractivity contribution in [3.8, 4) is 11.5 Å². The van der Waals surface area contributed by atoms with Crippen LogP contribution in [0.2, 0.25) is 0 Å². The van der Waals surface area contributed by atoms with Gasteiger partial charge in [-0.25, -0.2) is 0 Å². The molecule has 3 aliphatic carbocycles. The van der Waals surface area contributed by atoms with E-state index >= 15 is 0 Å². The lowest BCUT2D eigenvalue weighted by Crippen LogP contribution is -2.42. The van der Waals surface area contributed by atoms with Crippen molar-refractivity contribution in [2.24, 2.45) is 22.4 Å². The van der Waals surface area contributed by atoms with E-state index in [1.165, 1.54) is 18.2 Å². The predicted octanol–water partition coefficient (Wildman–Crippen LogP) is 5.31. The molecule has 0 bridgehead atoms. The lowest BCUT2D eigenvalue weighted by Gasteiger charge is -2.47. The molecule has 0 radical (unpaired) electrons. The van der Waals surface area contributed by atoms with Crippen molar-refractivity contribution in [1.29, 1.82) is 0 Å². The van der Waals surface area contributed by atoms with Crippen molar-refractivity contribution < 1.29 is 19.1 Å². The van der Waals surface area contributed by atoms with E-state index in [2.05, 4.69) is 30.3 Å². The number of fused-ring (bicyclic) bond motifs is 5. The van der Waals surface area contributed by atoms with E-state index in [-0.39, 0.29) is 11.2 Å². The van der Waals surface area contributed by atoms with Gasteiger partial charge in [0.15, 0.2) is 5.78 Å². The second kappa shape index (κ2) is 8.27. The van der Waals surface area contributed by atoms with Crippen molar-refractivity contribution in [3.63, 3.8) is 0 Å². The number of nitrogens with zero attached hydrogens (tertiary/aromatic N) is 1. The zero-order chi connectivity index (χ0) is 22.3. The van der Waals surface area contributed by atoms with Crippen LogP contribution in [-0.2, 0) is 22.7 Å². The Morgan fingerprint density at radius 3 is 2.59 bits per heavy atom. The number of rotatable bonds is 5. The van der Waals surface area contributed by atoms with Gasteiger partial charge in [0, 0.05) is 11.8 Å². The molecule has 0 aliphatic heterocycles. The number of aryl methyl sites for hydroxylation is 1. The fourth-order valence-corrected chi connectivity index (χ4v) is 6.34. The van der Waals surface area contributed by atoms with E-state index in [1.807, 2.05) is 24.3 Å². The summed E-state index contributed by atoms with van der Waals surface area (Å²) in [6, 6.07) is 14.6. The van der Waals surface area contributed by atoms with Gasteiger partial charge >= 0.3 is 0 Å². The first-order valence-electron chi connectivity index (χ1n) is 11.6. The van der Waals surface area contributed by atoms with Gasteiger partial charge in [-0.2, -0.15) is 0 Å². The van der Waals surface area contributed by atoms with Gasteiger partial charge in [-0.3, -0.25) is 4.79 Å². The van der Waals surface area contributed by atoms with E-state index in [9.17, 15) is 4.79 Å². The molecule has 2 saturated carbocycles. The van der Waals surface area contributed by atoms with E-state index in [4.69, 9.17) is 14.3 Å². The maximum Gasteiger partial charge on any atom is 0.186 e. The normalized spacial score (nSPS) is 29.8. The Balaban J connectivity index is 1.32. The smallest absolute Gasteiger partial charge is 0.186 e. The number of ether oxygens (including phenoxy) is 2. The molecular formula is C27H31NO4. The Morgan fingerprint density at radius 1 is 1.06 bits per heavy atom. The summed E-state index contributed by atoms with van der Waals surface area (Å²) in [7, 11) is 3.20. The SMILES string of the molecule is CO/N=C1\CC2C3CCc4cc(OCc5ccc(OC)cc5)ccc4C3CC[C@]2(C)C1=O. The summed E-state index contributed by atoms with van der Waals surface area (Å²) in [5.74, 6) is 3.38. The number of methoxy groups -OCH3 is 1. The summed E-state index contributed by atoms with van der Waals surface area (Å²) in [6.07, 6.45) is 4.89. The molecule has 3 unspecified atom stereocenters. The predicted molar refractivity (Wildman–Crippen MR) is 123 cm³/mol. The zero-order valence-corrected chi connectivity index (χ0v) is 19.1. The summed E-state index contributed by atoms with van der Waals surface area (Å²) < 4.78 is 11.3. The Bertz CT molecular complexity index is 1040. The van der Waals surface area contributed by atoms with E-state index in [1.54, 1.807) is 7.11 Å². The van der Waals surface area contributed by atoms with E-state index in [0.29, 0.717) is 30.1 Å². The fraction of sp³-hybridized carbons (Fsp3) is 0.481. The van der Waals surface area contributed by atoms with Crippen LogP contribution in [-0.4, -0.2) is 25.7 Å². The van der Waals surface area contributed by atoms with Gasteiger partial charge in [0.1, 0.15) is 30.9 Å². The third kappa shape index (κ3) is 3.48. The number of hydrogen-bond donors (Lipinski definition) is 0. The molecule has 2 fully saturated rings. The third-order valence-corrected chi connectivity index (χ3v) is 8.05. The minimum absolute atomic E-state index is 0.205. The number of hydrogen-bond acceptors (Lipinski definition) is 5. The highest BCUT2D eigenvalue weighted by Crippen LogP contribution is 2.59. The summed E-state index contributed by atoms with van der Waals surface area (Å²) >= 11 is 0. The van der Waals surface area contributed by atoms with Gasteiger partial charge in [0.05, 0.1) is 7.11 Å². The molecule has 3 aliphatic rings. The molecule has 0 aromatic heterocycles. The van der Waals surface area contributed by atoms with Crippen LogP contribution in [0.3, 0.4) is 0 Å². The highest BCUT2D eigenvalue weighted by atomic mass is 16.6. The molecule has 5 nitrogen and oxygen atoms in total. The van der Waals surface area contributed by atoms with Gasteiger partial charge in [-0.1, -0.05) is 30.3 Å². The first kappa shape index (κ1) is 21.0. The zero-order valence-electron chi connectivity index (χ0n) is 19.1. The first-order valence-corrected chi connectivity index (χ1v) is 11.6. The largest absolute Gasteiger partial charge is 0.497 e. The number of ketones is 1. The van der Waals surface area contributed by atoms with Crippen LogP contribution >= 0.6 is 0 Å². The highest BCUT2D eigenvalue weighted by Gasteiger charge is 2.57. The summed E-state index contributed by atoms with van der Waals surface area (Å²) in [4.78, 5) is 18.0. The molecule has 0 saturated heterocycles. The molecular weight excluding hydrogens is 402 g/mol. The Labute approximate surface area is 189 Å². The Kier molecular flexibility index (Phi) is 5.44. The average Bonchev–Trinajstić information content (AvgIpc) is 3.08. The third-order valence-electron chi connectivity index (χ3n) is 8.05. The number of oxime groups is 1. The fourth-order valence-electron chi connectivity index (χ4n) is 6.34. The number of carbonyl (C=O) groups excluding carboxylic acids is 1. The molecule has 0 amide bonds. The standard InChI is InChI=1S/C27H31NO4/c1-27-13-12-22-21-11-9-20(32-16-17-4-7-19(30-2)8-5-17)14-18(21)6-10-23(22)24(27)15-25(26(27)29)28-31-3/h4-5,7-9,11,14,22-24H,6,10,12-13,15-16H2,1-3H3/b28-25+/t22?,23?,24?,27-/m0/s1. The van der Waals surface area contributed by atoms with Crippen molar-refractivity contribution in [2.75, 3.05) is 14.2 Å². The number of carbonyl (C=O) groups is 1. The summed E-state index contributed by atoms with van der Waals surface area (Å²) in [5.41, 5.74) is 4.32. The van der Waals surface area contributed by atoms with Crippen LogP contribution in [0.1, 0.15) is 55.2 Å². The highest BCUT2D eigenvalue weighted by molar-refractivity contribution is 6.43.